The highest BCUT2D eigenvalue weighted by Crippen LogP contribution is 2.43. The Morgan fingerprint density at radius 1 is 1.13 bits per heavy atom. The Bertz CT molecular complexity index is 500. The Morgan fingerprint density at radius 2 is 1.74 bits per heavy atom. The monoisotopic (exact) mass is 372 g/mol. The molecule has 1 amide bonds. The van der Waals surface area contributed by atoms with Crippen molar-refractivity contribution in [3.8, 4) is 0 Å². The van der Waals surface area contributed by atoms with Gasteiger partial charge in [-0.2, -0.15) is 0 Å². The number of hydrogen-bond donors (Lipinski definition) is 1. The van der Waals surface area contributed by atoms with E-state index in [9.17, 15) is 4.79 Å². The molecule has 0 unspecified atom stereocenters. The third kappa shape index (κ3) is 4.81. The van der Waals surface area contributed by atoms with Crippen molar-refractivity contribution >= 4 is 41.8 Å². The van der Waals surface area contributed by atoms with Crippen molar-refractivity contribution in [2.24, 2.45) is 0 Å². The lowest BCUT2D eigenvalue weighted by molar-refractivity contribution is 0.0703. The maximum Gasteiger partial charge on any atom is 0.253 e. The van der Waals surface area contributed by atoms with Crippen LogP contribution in [0.15, 0.2) is 24.3 Å². The largest absolute Gasteiger partial charge is 0.339 e. The first kappa shape index (κ1) is 19.0. The van der Waals surface area contributed by atoms with Gasteiger partial charge in [-0.05, 0) is 61.6 Å². The number of nitrogens with one attached hydrogen (secondary N) is 1. The molecule has 23 heavy (non-hydrogen) atoms. The van der Waals surface area contributed by atoms with E-state index in [1.807, 2.05) is 47.6 Å². The predicted octanol–water partition coefficient (Wildman–Crippen LogP) is 3.80. The number of thioether (sulfide) groups is 2. The lowest BCUT2D eigenvalue weighted by atomic mass is 10.0. The molecule has 2 aliphatic heterocycles. The molecule has 1 N–H and O–H groups in total. The van der Waals surface area contributed by atoms with Gasteiger partial charge in [0.05, 0.1) is 4.58 Å². The van der Waals surface area contributed by atoms with Crippen molar-refractivity contribution in [3.63, 3.8) is 0 Å². The van der Waals surface area contributed by atoms with Gasteiger partial charge in [0, 0.05) is 18.7 Å². The summed E-state index contributed by atoms with van der Waals surface area (Å²) in [5.41, 5.74) is 2.16. The number of carbonyl (C=O) groups is 1. The fourth-order valence-electron chi connectivity index (χ4n) is 3.03. The second-order valence-corrected chi connectivity index (χ2v) is 8.67. The highest BCUT2D eigenvalue weighted by atomic mass is 35.5. The number of nitrogens with zero attached hydrogens (tertiary/aromatic N) is 1. The minimum absolute atomic E-state index is 0. The molecule has 1 aromatic carbocycles. The van der Waals surface area contributed by atoms with Crippen molar-refractivity contribution in [1.82, 2.24) is 10.2 Å². The zero-order chi connectivity index (χ0) is 15.4. The molecule has 0 bridgehead atoms. The molecule has 6 heteroatoms. The molecule has 2 aliphatic rings. The summed E-state index contributed by atoms with van der Waals surface area (Å²) in [5, 5.41) is 3.35. The van der Waals surface area contributed by atoms with Crippen LogP contribution >= 0.6 is 35.9 Å². The van der Waals surface area contributed by atoms with Gasteiger partial charge in [-0.25, -0.2) is 0 Å². The number of amides is 1. The molecular weight excluding hydrogens is 348 g/mol. The van der Waals surface area contributed by atoms with Crippen LogP contribution in [0.25, 0.3) is 0 Å². The molecule has 128 valence electrons. The average Bonchev–Trinajstić information content (AvgIpc) is 2.62. The van der Waals surface area contributed by atoms with Gasteiger partial charge in [0.25, 0.3) is 5.91 Å². The van der Waals surface area contributed by atoms with Crippen molar-refractivity contribution in [3.05, 3.63) is 35.4 Å². The summed E-state index contributed by atoms with van der Waals surface area (Å²) in [4.78, 5) is 14.6. The van der Waals surface area contributed by atoms with Crippen LogP contribution in [0.3, 0.4) is 0 Å². The summed E-state index contributed by atoms with van der Waals surface area (Å²) in [6.07, 6.45) is 3.41. The van der Waals surface area contributed by atoms with Crippen molar-refractivity contribution in [2.45, 2.75) is 29.9 Å². The lowest BCUT2D eigenvalue weighted by Crippen LogP contribution is -2.43. The predicted molar refractivity (Wildman–Crippen MR) is 104 cm³/mol. The number of rotatable bonds is 3. The van der Waals surface area contributed by atoms with Crippen LogP contribution in [0.5, 0.6) is 0 Å². The van der Waals surface area contributed by atoms with Crippen LogP contribution in [0.2, 0.25) is 0 Å². The van der Waals surface area contributed by atoms with Crippen molar-refractivity contribution < 1.29 is 4.79 Å². The van der Waals surface area contributed by atoms with E-state index in [0.717, 1.165) is 31.5 Å². The minimum atomic E-state index is 0. The number of piperidine rings is 1. The second kappa shape index (κ2) is 9.21. The summed E-state index contributed by atoms with van der Waals surface area (Å²) in [5.74, 6) is 2.65. The molecule has 0 aromatic heterocycles. The molecule has 0 radical (unpaired) electrons. The smallest absolute Gasteiger partial charge is 0.253 e. The fraction of sp³-hybridized carbons (Fsp3) is 0.588. The minimum Gasteiger partial charge on any atom is -0.339 e. The first-order chi connectivity index (χ1) is 10.8. The molecule has 3 rings (SSSR count). The first-order valence-corrected chi connectivity index (χ1v) is 10.2. The number of carbonyl (C=O) groups excluding carboxylic acids is 1. The van der Waals surface area contributed by atoms with Crippen LogP contribution in [-0.2, 0) is 0 Å². The van der Waals surface area contributed by atoms with Crippen LogP contribution in [0.4, 0.5) is 0 Å². The maximum absolute atomic E-state index is 12.6. The molecule has 0 saturated carbocycles. The van der Waals surface area contributed by atoms with Gasteiger partial charge in [0.15, 0.2) is 0 Å². The molecule has 3 nitrogen and oxygen atoms in total. The van der Waals surface area contributed by atoms with Gasteiger partial charge in [-0.1, -0.05) is 12.1 Å². The molecule has 1 aromatic rings. The number of benzene rings is 1. The fourth-order valence-corrected chi connectivity index (χ4v) is 5.92. The van der Waals surface area contributed by atoms with Crippen molar-refractivity contribution in [1.29, 1.82) is 0 Å². The highest BCUT2D eigenvalue weighted by molar-refractivity contribution is 8.16. The molecule has 0 aliphatic carbocycles. The Hall–Kier alpha value is -0.360. The van der Waals surface area contributed by atoms with E-state index in [1.165, 1.54) is 23.5 Å². The second-order valence-electron chi connectivity index (χ2n) is 5.95. The standard InChI is InChI=1S/C17H24N2OS2.ClH/c1-19(15-7-9-18-10-8-15)16(20)13-3-5-14(6-4-13)17-21-11-2-12-22-17;/h3-6,15,17-18H,2,7-12H2,1H3;1H. The third-order valence-corrected chi connectivity index (χ3v) is 7.45. The van der Waals surface area contributed by atoms with E-state index >= 15 is 0 Å². The summed E-state index contributed by atoms with van der Waals surface area (Å²) in [7, 11) is 1.94. The van der Waals surface area contributed by atoms with Crippen molar-refractivity contribution in [2.75, 3.05) is 31.6 Å². The molecule has 0 spiro atoms. The molecule has 2 heterocycles. The van der Waals surface area contributed by atoms with Gasteiger partial charge in [-0.15, -0.1) is 35.9 Å². The summed E-state index contributed by atoms with van der Waals surface area (Å²) in [6, 6.07) is 8.66. The quantitative estimate of drug-likeness (QED) is 0.874. The molecular formula is C17H25ClN2OS2. The third-order valence-electron chi connectivity index (χ3n) is 4.43. The number of hydrogen-bond acceptors (Lipinski definition) is 4. The van der Waals surface area contributed by atoms with Gasteiger partial charge >= 0.3 is 0 Å². The number of halogens is 1. The molecule has 2 saturated heterocycles. The van der Waals surface area contributed by atoms with Gasteiger partial charge in [-0.3, -0.25) is 4.79 Å². The maximum atomic E-state index is 12.6. The van der Waals surface area contributed by atoms with E-state index in [0.29, 0.717) is 10.6 Å². The zero-order valence-corrected chi connectivity index (χ0v) is 15.9. The first-order valence-electron chi connectivity index (χ1n) is 8.07. The van der Waals surface area contributed by atoms with Gasteiger partial charge in [0.1, 0.15) is 0 Å². The molecule has 2 fully saturated rings. The Balaban J connectivity index is 0.00000192. The Morgan fingerprint density at radius 3 is 2.35 bits per heavy atom. The Labute approximate surface area is 153 Å². The molecule has 0 atom stereocenters. The van der Waals surface area contributed by atoms with Crippen LogP contribution < -0.4 is 5.32 Å². The SMILES string of the molecule is CN(C(=O)c1ccc(C2SCCCS2)cc1)C1CCNCC1.Cl. The van der Waals surface area contributed by atoms with E-state index in [2.05, 4.69) is 17.4 Å². The summed E-state index contributed by atoms with van der Waals surface area (Å²) >= 11 is 4.04. The Kier molecular flexibility index (Phi) is 7.60. The topological polar surface area (TPSA) is 32.3 Å². The van der Waals surface area contributed by atoms with E-state index in [-0.39, 0.29) is 18.3 Å². The average molecular weight is 373 g/mol. The van der Waals surface area contributed by atoms with Crippen LogP contribution in [0.1, 0.15) is 39.8 Å². The normalized spacial score (nSPS) is 19.9. The van der Waals surface area contributed by atoms with Crippen LogP contribution in [0, 0.1) is 0 Å². The van der Waals surface area contributed by atoms with Gasteiger partial charge in [0.2, 0.25) is 0 Å². The van der Waals surface area contributed by atoms with E-state index < -0.39 is 0 Å². The highest BCUT2D eigenvalue weighted by Gasteiger charge is 2.23. The summed E-state index contributed by atoms with van der Waals surface area (Å²) in [6.45, 7) is 2.02. The van der Waals surface area contributed by atoms with Crippen LogP contribution in [-0.4, -0.2) is 48.5 Å². The van der Waals surface area contributed by atoms with E-state index in [1.54, 1.807) is 0 Å². The van der Waals surface area contributed by atoms with Gasteiger partial charge < -0.3 is 10.2 Å². The zero-order valence-electron chi connectivity index (χ0n) is 13.5. The lowest BCUT2D eigenvalue weighted by Gasteiger charge is -2.31. The summed E-state index contributed by atoms with van der Waals surface area (Å²) < 4.78 is 0.542. The van der Waals surface area contributed by atoms with E-state index in [4.69, 9.17) is 0 Å².